The third kappa shape index (κ3) is 2.95. The van der Waals surface area contributed by atoms with Crippen LogP contribution in [0.25, 0.3) is 0 Å². The van der Waals surface area contributed by atoms with Gasteiger partial charge >= 0.3 is 0 Å². The van der Waals surface area contributed by atoms with Crippen LogP contribution in [0, 0.1) is 45.3 Å². The zero-order valence-electron chi connectivity index (χ0n) is 15.4. The van der Waals surface area contributed by atoms with E-state index < -0.39 is 11.3 Å². The summed E-state index contributed by atoms with van der Waals surface area (Å²) in [6.45, 7) is 4.25. The van der Waals surface area contributed by atoms with Crippen LogP contribution >= 0.6 is 23.2 Å². The highest BCUT2D eigenvalue weighted by atomic mass is 35.5. The molecule has 0 fully saturated rings. The average molecular weight is 412 g/mol. The molecule has 1 aliphatic heterocycles. The third-order valence-corrected chi connectivity index (χ3v) is 6.25. The van der Waals surface area contributed by atoms with Crippen LogP contribution in [0.4, 0.5) is 0 Å². The summed E-state index contributed by atoms with van der Waals surface area (Å²) in [5.41, 5.74) is 6.07. The van der Waals surface area contributed by atoms with E-state index in [0.717, 1.165) is 18.5 Å². The van der Waals surface area contributed by atoms with E-state index in [4.69, 9.17) is 28.9 Å². The molecule has 1 aromatic rings. The number of nitrogens with two attached hydrogens (primary N) is 1. The Morgan fingerprint density at radius 1 is 1.21 bits per heavy atom. The number of benzene rings is 1. The normalized spacial score (nSPS) is 23.8. The van der Waals surface area contributed by atoms with Crippen LogP contribution in [0.2, 0.25) is 10.0 Å². The molecule has 1 aliphatic carbocycles. The Kier molecular flexibility index (Phi) is 5.69. The molecule has 0 aromatic heterocycles. The van der Waals surface area contributed by atoms with Crippen molar-refractivity contribution in [1.82, 2.24) is 4.90 Å². The molecular formula is C21H19Cl2N5. The summed E-state index contributed by atoms with van der Waals surface area (Å²) in [4.78, 5) is 2.24. The van der Waals surface area contributed by atoms with E-state index in [0.29, 0.717) is 28.7 Å². The molecule has 0 saturated carbocycles. The zero-order valence-corrected chi connectivity index (χ0v) is 16.9. The molecule has 0 radical (unpaired) electrons. The second-order valence-corrected chi connectivity index (χ2v) is 7.89. The van der Waals surface area contributed by atoms with Gasteiger partial charge in [-0.15, -0.1) is 0 Å². The maximum atomic E-state index is 10.1. The van der Waals surface area contributed by atoms with Crippen molar-refractivity contribution in [2.75, 3.05) is 19.6 Å². The molecule has 28 heavy (non-hydrogen) atoms. The van der Waals surface area contributed by atoms with Crippen molar-refractivity contribution in [3.8, 4) is 18.2 Å². The third-order valence-electron chi connectivity index (χ3n) is 5.59. The van der Waals surface area contributed by atoms with Gasteiger partial charge in [-0.1, -0.05) is 42.3 Å². The second kappa shape index (κ2) is 7.86. The molecule has 7 heteroatoms. The van der Waals surface area contributed by atoms with Crippen molar-refractivity contribution in [1.29, 1.82) is 15.8 Å². The predicted molar refractivity (Wildman–Crippen MR) is 108 cm³/mol. The Morgan fingerprint density at radius 2 is 1.86 bits per heavy atom. The van der Waals surface area contributed by atoms with E-state index in [1.165, 1.54) is 0 Å². The summed E-state index contributed by atoms with van der Waals surface area (Å²) >= 11 is 13.0. The molecule has 2 N–H and O–H groups in total. The minimum Gasteiger partial charge on any atom is -0.399 e. The summed E-state index contributed by atoms with van der Waals surface area (Å²) in [6.07, 6.45) is 2.95. The Balaban J connectivity index is 2.34. The largest absolute Gasteiger partial charge is 0.399 e. The molecular weight excluding hydrogens is 393 g/mol. The van der Waals surface area contributed by atoms with E-state index in [2.05, 4.69) is 30.0 Å². The van der Waals surface area contributed by atoms with Gasteiger partial charge in [-0.05, 0) is 36.2 Å². The van der Waals surface area contributed by atoms with E-state index in [1.807, 2.05) is 6.08 Å². The van der Waals surface area contributed by atoms with Crippen LogP contribution in [0.15, 0.2) is 41.1 Å². The number of nitrogens with zero attached hydrogens (tertiary/aromatic N) is 4. The van der Waals surface area contributed by atoms with Crippen molar-refractivity contribution in [2.24, 2.45) is 17.1 Å². The number of allylic oxidation sites excluding steroid dienone is 2. The minimum atomic E-state index is -1.73. The van der Waals surface area contributed by atoms with E-state index >= 15 is 0 Å². The van der Waals surface area contributed by atoms with Crippen LogP contribution < -0.4 is 5.73 Å². The van der Waals surface area contributed by atoms with Gasteiger partial charge in [-0.3, -0.25) is 4.90 Å². The molecule has 0 bridgehead atoms. The molecule has 5 nitrogen and oxygen atoms in total. The Morgan fingerprint density at radius 3 is 2.39 bits per heavy atom. The summed E-state index contributed by atoms with van der Waals surface area (Å²) < 4.78 is 0. The van der Waals surface area contributed by atoms with Crippen LogP contribution in [-0.4, -0.2) is 24.5 Å². The van der Waals surface area contributed by atoms with Gasteiger partial charge in [0.2, 0.25) is 0 Å². The lowest BCUT2D eigenvalue weighted by Gasteiger charge is -2.46. The highest BCUT2D eigenvalue weighted by molar-refractivity contribution is 6.36. The number of rotatable bonds is 3. The fourth-order valence-electron chi connectivity index (χ4n) is 4.36. The lowest BCUT2D eigenvalue weighted by atomic mass is 9.58. The van der Waals surface area contributed by atoms with Gasteiger partial charge in [-0.25, -0.2) is 0 Å². The van der Waals surface area contributed by atoms with Crippen molar-refractivity contribution >= 4 is 23.2 Å². The quantitative estimate of drug-likeness (QED) is 0.805. The van der Waals surface area contributed by atoms with E-state index in [-0.39, 0.29) is 17.2 Å². The predicted octanol–water partition coefficient (Wildman–Crippen LogP) is 4.13. The van der Waals surface area contributed by atoms with Gasteiger partial charge in [0.05, 0.1) is 23.4 Å². The van der Waals surface area contributed by atoms with Gasteiger partial charge in [0, 0.05) is 35.0 Å². The molecule has 1 aromatic carbocycles. The number of fused-ring (bicyclic) bond motifs is 1. The van der Waals surface area contributed by atoms with Crippen molar-refractivity contribution in [2.45, 2.75) is 19.3 Å². The molecule has 1 heterocycles. The topological polar surface area (TPSA) is 101 Å². The summed E-state index contributed by atoms with van der Waals surface area (Å²) in [6, 6.07) is 11.4. The van der Waals surface area contributed by atoms with Crippen LogP contribution in [0.3, 0.4) is 0 Å². The molecule has 0 unspecified atom stereocenters. The molecule has 0 amide bonds. The lowest BCUT2D eigenvalue weighted by molar-refractivity contribution is 0.207. The molecule has 0 spiro atoms. The second-order valence-electron chi connectivity index (χ2n) is 7.07. The molecule has 2 aliphatic rings. The monoisotopic (exact) mass is 411 g/mol. The number of hydrogen-bond acceptors (Lipinski definition) is 5. The first kappa shape index (κ1) is 20.2. The fourth-order valence-corrected chi connectivity index (χ4v) is 4.99. The van der Waals surface area contributed by atoms with Crippen LogP contribution in [0.1, 0.15) is 24.8 Å². The van der Waals surface area contributed by atoms with E-state index in [1.54, 1.807) is 18.2 Å². The Bertz CT molecular complexity index is 955. The average Bonchev–Trinajstić information content (AvgIpc) is 2.69. The first-order valence-corrected chi connectivity index (χ1v) is 9.80. The molecule has 0 saturated heterocycles. The summed E-state index contributed by atoms with van der Waals surface area (Å²) in [5, 5.41) is 30.7. The Labute approximate surface area is 174 Å². The molecule has 142 valence electrons. The van der Waals surface area contributed by atoms with Gasteiger partial charge in [0.15, 0.2) is 5.41 Å². The first-order chi connectivity index (χ1) is 13.4. The summed E-state index contributed by atoms with van der Waals surface area (Å²) in [5.74, 6) is -0.967. The highest BCUT2D eigenvalue weighted by Gasteiger charge is 2.55. The smallest absolute Gasteiger partial charge is 0.191 e. The highest BCUT2D eigenvalue weighted by Crippen LogP contribution is 2.56. The van der Waals surface area contributed by atoms with Gasteiger partial charge in [0.25, 0.3) is 0 Å². The van der Waals surface area contributed by atoms with Crippen molar-refractivity contribution in [3.05, 3.63) is 56.7 Å². The minimum absolute atomic E-state index is 0.0209. The standard InChI is InChI=1S/C21H19Cl2N5/c1-2-7-28-8-6-13-14(9-24)20(27)21(11-25,12-26)19(15(13)10-28)18-16(22)4-3-5-17(18)23/h3-6,15,19H,2,7-8,10,27H2,1H3/t15-,19-/m1/s1. The number of halogens is 2. The number of nitriles is 3. The van der Waals surface area contributed by atoms with Gasteiger partial charge in [-0.2, -0.15) is 15.8 Å². The molecule has 3 rings (SSSR count). The van der Waals surface area contributed by atoms with Crippen molar-refractivity contribution < 1.29 is 0 Å². The summed E-state index contributed by atoms with van der Waals surface area (Å²) in [7, 11) is 0. The van der Waals surface area contributed by atoms with Crippen LogP contribution in [0.5, 0.6) is 0 Å². The first-order valence-electron chi connectivity index (χ1n) is 9.04. The zero-order chi connectivity index (χ0) is 20.5. The van der Waals surface area contributed by atoms with E-state index in [9.17, 15) is 15.8 Å². The van der Waals surface area contributed by atoms with Gasteiger partial charge < -0.3 is 5.73 Å². The lowest BCUT2D eigenvalue weighted by Crippen LogP contribution is -2.48. The van der Waals surface area contributed by atoms with Crippen molar-refractivity contribution in [3.63, 3.8) is 0 Å². The fraction of sp³-hybridized carbons (Fsp3) is 0.381. The molecule has 2 atom stereocenters. The SMILES string of the molecule is CCCN1CC=C2C(C#N)=C(N)C(C#N)(C#N)[C@@H](c3c(Cl)cccc3Cl)[C@@H]2C1. The van der Waals surface area contributed by atoms with Crippen LogP contribution in [-0.2, 0) is 0 Å². The Hall–Kier alpha value is -2.49. The maximum Gasteiger partial charge on any atom is 0.191 e. The number of hydrogen-bond donors (Lipinski definition) is 1. The van der Waals surface area contributed by atoms with Gasteiger partial charge in [0.1, 0.15) is 6.07 Å². The maximum absolute atomic E-state index is 10.1.